The van der Waals surface area contributed by atoms with Crippen LogP contribution in [0.15, 0.2) is 81.6 Å². The van der Waals surface area contributed by atoms with Crippen molar-refractivity contribution in [3.05, 3.63) is 106 Å². The zero-order chi connectivity index (χ0) is 23.8. The third-order valence-electron chi connectivity index (χ3n) is 6.32. The molecule has 0 aromatic heterocycles. The molecule has 0 unspecified atom stereocenters. The summed E-state index contributed by atoms with van der Waals surface area (Å²) in [5, 5.41) is 2.52. The third kappa shape index (κ3) is 4.33. The molecule has 0 N–H and O–H groups in total. The van der Waals surface area contributed by atoms with Gasteiger partial charge >= 0.3 is 0 Å². The fraction of sp³-hybridized carbons (Fsp3) is 0.226. The largest absolute Gasteiger partial charge is 0.282 e. The minimum atomic E-state index is 0.752. The molecule has 1 aliphatic carbocycles. The lowest BCUT2D eigenvalue weighted by molar-refractivity contribution is 1.15. The fourth-order valence-electron chi connectivity index (χ4n) is 5.06. The first-order valence-corrected chi connectivity index (χ1v) is 12.8. The quantitative estimate of drug-likeness (QED) is 0.217. The third-order valence-corrected chi connectivity index (χ3v) is 7.28. The number of benzene rings is 4. The van der Waals surface area contributed by atoms with E-state index in [1.807, 2.05) is 11.8 Å². The van der Waals surface area contributed by atoms with Crippen molar-refractivity contribution < 1.29 is 0 Å². The van der Waals surface area contributed by atoms with Gasteiger partial charge < -0.3 is 0 Å². The monoisotopic (exact) mass is 462 g/mol. The Morgan fingerprint density at radius 3 is 1.91 bits per heavy atom. The van der Waals surface area contributed by atoms with E-state index in [4.69, 9.17) is 9.98 Å². The summed E-state index contributed by atoms with van der Waals surface area (Å²) in [6, 6.07) is 24.2. The number of nitrogens with zero attached hydrogens (tertiary/aromatic N) is 2. The van der Waals surface area contributed by atoms with Crippen LogP contribution in [0.4, 0.5) is 5.69 Å². The van der Waals surface area contributed by atoms with E-state index in [-0.39, 0.29) is 0 Å². The summed E-state index contributed by atoms with van der Waals surface area (Å²) in [5.74, 6) is 0.939. The Kier molecular flexibility index (Phi) is 6.14. The van der Waals surface area contributed by atoms with Gasteiger partial charge in [-0.15, -0.1) is 11.8 Å². The Hall–Kier alpha value is -3.17. The van der Waals surface area contributed by atoms with Crippen LogP contribution >= 0.6 is 11.8 Å². The van der Waals surface area contributed by atoms with Crippen LogP contribution in [0.5, 0.6) is 0 Å². The van der Waals surface area contributed by atoms with Gasteiger partial charge in [0.1, 0.15) is 0 Å². The molecule has 0 bridgehead atoms. The minimum absolute atomic E-state index is 0.752. The van der Waals surface area contributed by atoms with E-state index in [2.05, 4.69) is 101 Å². The molecule has 170 valence electrons. The molecular formula is C31H30N2S. The molecule has 0 fully saturated rings. The number of rotatable bonds is 5. The highest BCUT2D eigenvalue weighted by atomic mass is 32.2. The van der Waals surface area contributed by atoms with Crippen molar-refractivity contribution in [3.8, 4) is 0 Å². The van der Waals surface area contributed by atoms with Crippen LogP contribution in [0.25, 0.3) is 10.8 Å². The molecule has 5 rings (SSSR count). The first kappa shape index (κ1) is 22.6. The van der Waals surface area contributed by atoms with Gasteiger partial charge in [-0.1, -0.05) is 60.2 Å². The molecule has 4 aromatic rings. The predicted molar refractivity (Wildman–Crippen MR) is 149 cm³/mol. The first-order valence-electron chi connectivity index (χ1n) is 11.9. The second kappa shape index (κ2) is 9.23. The van der Waals surface area contributed by atoms with E-state index in [1.54, 1.807) is 0 Å². The molecule has 0 saturated carbocycles. The molecule has 0 atom stereocenters. The first-order chi connectivity index (χ1) is 16.4. The molecule has 4 aromatic carbocycles. The summed E-state index contributed by atoms with van der Waals surface area (Å²) in [4.78, 5) is 11.7. The molecule has 2 nitrogen and oxygen atoms in total. The van der Waals surface area contributed by atoms with Crippen molar-refractivity contribution in [2.75, 3.05) is 12.3 Å². The van der Waals surface area contributed by atoms with Gasteiger partial charge in [0, 0.05) is 33.7 Å². The molecule has 0 heterocycles. The summed E-state index contributed by atoms with van der Waals surface area (Å²) in [6.45, 7) is 11.5. The standard InChI is InChI=1S/C31H30N2S/c1-19-14-20(2)18-25(17-19)34-13-12-32-30-26-10-6-8-24-9-7-11-27(28(24)26)31(30)33-29-22(4)15-21(3)16-23(29)5/h6-11,14-18H,12-13H2,1-5H3. The highest BCUT2D eigenvalue weighted by Gasteiger charge is 2.27. The smallest absolute Gasteiger partial charge is 0.0974 e. The van der Waals surface area contributed by atoms with E-state index >= 15 is 0 Å². The fourth-order valence-corrected chi connectivity index (χ4v) is 6.02. The van der Waals surface area contributed by atoms with Crippen molar-refractivity contribution in [2.45, 2.75) is 39.5 Å². The molecule has 0 aliphatic heterocycles. The van der Waals surface area contributed by atoms with Crippen LogP contribution in [0, 0.1) is 34.6 Å². The second-order valence-electron chi connectivity index (χ2n) is 9.32. The van der Waals surface area contributed by atoms with Crippen LogP contribution in [0.1, 0.15) is 38.9 Å². The van der Waals surface area contributed by atoms with Gasteiger partial charge in [-0.2, -0.15) is 0 Å². The van der Waals surface area contributed by atoms with E-state index in [0.29, 0.717) is 0 Å². The van der Waals surface area contributed by atoms with E-state index in [0.717, 1.165) is 29.4 Å². The van der Waals surface area contributed by atoms with Crippen LogP contribution in [0.2, 0.25) is 0 Å². The molecule has 0 amide bonds. The van der Waals surface area contributed by atoms with Gasteiger partial charge in [-0.3, -0.25) is 4.99 Å². The van der Waals surface area contributed by atoms with Gasteiger partial charge in [0.2, 0.25) is 0 Å². The summed E-state index contributed by atoms with van der Waals surface area (Å²) in [7, 11) is 0. The Balaban J connectivity index is 1.53. The van der Waals surface area contributed by atoms with E-state index < -0.39 is 0 Å². The molecule has 3 heteroatoms. The molecule has 0 saturated heterocycles. The van der Waals surface area contributed by atoms with Gasteiger partial charge in [-0.25, -0.2) is 4.99 Å². The second-order valence-corrected chi connectivity index (χ2v) is 10.5. The Bertz CT molecular complexity index is 1430. The topological polar surface area (TPSA) is 24.7 Å². The Labute approximate surface area is 206 Å². The van der Waals surface area contributed by atoms with Gasteiger partial charge in [0.15, 0.2) is 0 Å². The van der Waals surface area contributed by atoms with Crippen LogP contribution in [0.3, 0.4) is 0 Å². The lowest BCUT2D eigenvalue weighted by Gasteiger charge is -2.10. The normalized spacial score (nSPS) is 15.1. The Morgan fingerprint density at radius 2 is 1.26 bits per heavy atom. The summed E-state index contributed by atoms with van der Waals surface area (Å²) in [5.41, 5.74) is 11.8. The van der Waals surface area contributed by atoms with Crippen LogP contribution < -0.4 is 0 Å². The highest BCUT2D eigenvalue weighted by molar-refractivity contribution is 7.99. The lowest BCUT2D eigenvalue weighted by Crippen LogP contribution is -2.12. The maximum absolute atomic E-state index is 5.26. The summed E-state index contributed by atoms with van der Waals surface area (Å²) < 4.78 is 0. The van der Waals surface area contributed by atoms with Crippen molar-refractivity contribution in [3.63, 3.8) is 0 Å². The molecule has 0 spiro atoms. The maximum Gasteiger partial charge on any atom is 0.0974 e. The van der Waals surface area contributed by atoms with Gasteiger partial charge in [0.05, 0.1) is 17.1 Å². The van der Waals surface area contributed by atoms with Gasteiger partial charge in [-0.05, 0) is 74.4 Å². The van der Waals surface area contributed by atoms with E-state index in [9.17, 15) is 0 Å². The molecular weight excluding hydrogens is 432 g/mol. The summed E-state index contributed by atoms with van der Waals surface area (Å²) in [6.07, 6.45) is 0. The maximum atomic E-state index is 5.26. The SMILES string of the molecule is Cc1cc(C)cc(SCCN=C2C(=Nc3c(C)cc(C)cc3C)c3cccc4cccc2c34)c1. The average Bonchev–Trinajstić information content (AvgIpc) is 3.08. The number of aryl methyl sites for hydroxylation is 5. The summed E-state index contributed by atoms with van der Waals surface area (Å²) >= 11 is 1.87. The minimum Gasteiger partial charge on any atom is -0.282 e. The zero-order valence-corrected chi connectivity index (χ0v) is 21.4. The predicted octanol–water partition coefficient (Wildman–Crippen LogP) is 8.10. The number of hydrogen-bond donors (Lipinski definition) is 0. The van der Waals surface area contributed by atoms with Crippen molar-refractivity contribution in [1.29, 1.82) is 0 Å². The average molecular weight is 463 g/mol. The highest BCUT2D eigenvalue weighted by Crippen LogP contribution is 2.35. The van der Waals surface area contributed by atoms with Gasteiger partial charge in [0.25, 0.3) is 0 Å². The van der Waals surface area contributed by atoms with Crippen molar-refractivity contribution in [1.82, 2.24) is 0 Å². The molecule has 1 aliphatic rings. The molecule has 34 heavy (non-hydrogen) atoms. The van der Waals surface area contributed by atoms with Crippen molar-refractivity contribution in [2.24, 2.45) is 9.98 Å². The zero-order valence-electron chi connectivity index (χ0n) is 20.6. The van der Waals surface area contributed by atoms with Crippen LogP contribution in [-0.2, 0) is 0 Å². The Morgan fingerprint density at radius 1 is 0.676 bits per heavy atom. The lowest BCUT2D eigenvalue weighted by atomic mass is 10.0. The number of aliphatic imine (C=N–C) groups is 2. The number of thioether (sulfide) groups is 1. The molecule has 0 radical (unpaired) electrons. The van der Waals surface area contributed by atoms with E-state index in [1.165, 1.54) is 54.6 Å². The number of hydrogen-bond acceptors (Lipinski definition) is 3. The van der Waals surface area contributed by atoms with Crippen LogP contribution in [-0.4, -0.2) is 23.7 Å². The van der Waals surface area contributed by atoms with Crippen molar-refractivity contribution >= 4 is 39.6 Å².